The number of tetrazole rings is 1. The number of benzene rings is 1. The molecule has 0 atom stereocenters. The molecule has 1 heterocycles. The second-order valence-electron chi connectivity index (χ2n) is 4.17. The van der Waals surface area contributed by atoms with Crippen molar-refractivity contribution in [1.82, 2.24) is 24.5 Å². The average Bonchev–Trinajstić information content (AvgIpc) is 2.77. The molecule has 8 nitrogen and oxygen atoms in total. The van der Waals surface area contributed by atoms with Crippen LogP contribution in [0.4, 0.5) is 5.69 Å². The molecule has 0 bridgehead atoms. The van der Waals surface area contributed by atoms with Crippen LogP contribution in [0.3, 0.4) is 0 Å². The first kappa shape index (κ1) is 14.8. The zero-order valence-corrected chi connectivity index (χ0v) is 12.8. The van der Waals surface area contributed by atoms with Crippen molar-refractivity contribution in [1.29, 1.82) is 0 Å². The molecular formula is C10H14N6O2S2. The van der Waals surface area contributed by atoms with Crippen molar-refractivity contribution in [3.8, 4) is 0 Å². The lowest BCUT2D eigenvalue weighted by Gasteiger charge is -2.13. The Kier molecular flexibility index (Phi) is 3.97. The quantitative estimate of drug-likeness (QED) is 0.803. The first-order valence-electron chi connectivity index (χ1n) is 5.54. The van der Waals surface area contributed by atoms with Crippen molar-refractivity contribution >= 4 is 27.5 Å². The topological polar surface area (TPSA) is 107 Å². The van der Waals surface area contributed by atoms with E-state index >= 15 is 0 Å². The summed E-state index contributed by atoms with van der Waals surface area (Å²) in [7, 11) is 1.15. The summed E-state index contributed by atoms with van der Waals surface area (Å²) in [5.74, 6) is 0. The Morgan fingerprint density at radius 2 is 2.05 bits per heavy atom. The summed E-state index contributed by atoms with van der Waals surface area (Å²) < 4.78 is 26.8. The highest BCUT2D eigenvalue weighted by atomic mass is 32.2. The summed E-state index contributed by atoms with van der Waals surface area (Å²) in [5, 5.41) is 11.6. The number of nitrogens with zero attached hydrogens (tertiary/aromatic N) is 5. The van der Waals surface area contributed by atoms with Crippen LogP contribution in [0.1, 0.15) is 0 Å². The van der Waals surface area contributed by atoms with Crippen LogP contribution in [0.15, 0.2) is 33.1 Å². The van der Waals surface area contributed by atoms with E-state index in [1.165, 1.54) is 42.7 Å². The van der Waals surface area contributed by atoms with Crippen molar-refractivity contribution < 1.29 is 8.42 Å². The zero-order valence-electron chi connectivity index (χ0n) is 11.2. The van der Waals surface area contributed by atoms with E-state index in [1.54, 1.807) is 13.1 Å². The number of hydrogen-bond acceptors (Lipinski definition) is 7. The van der Waals surface area contributed by atoms with Crippen molar-refractivity contribution in [3.63, 3.8) is 0 Å². The van der Waals surface area contributed by atoms with Gasteiger partial charge in [-0.25, -0.2) is 17.4 Å². The normalized spacial score (nSPS) is 12.0. The lowest BCUT2D eigenvalue weighted by Crippen LogP contribution is -2.22. The molecule has 0 fully saturated rings. The van der Waals surface area contributed by atoms with Gasteiger partial charge in [0.05, 0.1) is 4.90 Å². The van der Waals surface area contributed by atoms with Gasteiger partial charge in [-0.2, -0.15) is 0 Å². The molecule has 108 valence electrons. The SMILES string of the molecule is CN(C)S(=O)(=O)c1ccc(N)c(Sc2nnnn2C)c1. The molecule has 2 rings (SSSR count). The fraction of sp³-hybridized carbons (Fsp3) is 0.300. The summed E-state index contributed by atoms with van der Waals surface area (Å²) in [5.41, 5.74) is 6.34. The second kappa shape index (κ2) is 5.38. The standard InChI is InChI=1S/C10H14N6O2S2/c1-15(2)20(17,18)7-4-5-8(11)9(6-7)19-10-12-13-14-16(10)3/h4-6H,11H2,1-3H3. The molecule has 0 aliphatic rings. The van der Waals surface area contributed by atoms with Crippen LogP contribution >= 0.6 is 11.8 Å². The predicted octanol–water partition coefficient (Wildman–Crippen LogP) is 0.194. The fourth-order valence-corrected chi connectivity index (χ4v) is 3.20. The van der Waals surface area contributed by atoms with E-state index in [-0.39, 0.29) is 4.90 Å². The summed E-state index contributed by atoms with van der Waals surface area (Å²) in [4.78, 5) is 0.764. The highest BCUT2D eigenvalue weighted by Crippen LogP contribution is 2.32. The molecule has 0 saturated heterocycles. The van der Waals surface area contributed by atoms with E-state index in [1.807, 2.05) is 0 Å². The number of nitrogens with two attached hydrogens (primary N) is 1. The molecule has 10 heteroatoms. The van der Waals surface area contributed by atoms with Crippen LogP contribution in [-0.4, -0.2) is 47.0 Å². The van der Waals surface area contributed by atoms with Crippen LogP contribution in [0.25, 0.3) is 0 Å². The van der Waals surface area contributed by atoms with Gasteiger partial charge in [-0.15, -0.1) is 5.10 Å². The van der Waals surface area contributed by atoms with Gasteiger partial charge in [0.25, 0.3) is 0 Å². The van der Waals surface area contributed by atoms with Crippen molar-refractivity contribution in [2.24, 2.45) is 7.05 Å². The number of anilines is 1. The van der Waals surface area contributed by atoms with Gasteiger partial charge < -0.3 is 5.73 Å². The molecule has 1 aromatic heterocycles. The molecule has 0 radical (unpaired) electrons. The molecule has 20 heavy (non-hydrogen) atoms. The van der Waals surface area contributed by atoms with Crippen LogP contribution in [0.5, 0.6) is 0 Å². The number of aromatic nitrogens is 4. The first-order chi connectivity index (χ1) is 9.32. The van der Waals surface area contributed by atoms with Crippen LogP contribution in [-0.2, 0) is 17.1 Å². The number of rotatable bonds is 4. The van der Waals surface area contributed by atoms with Gasteiger partial charge in [0, 0.05) is 31.7 Å². The van der Waals surface area contributed by atoms with Gasteiger partial charge >= 0.3 is 0 Å². The van der Waals surface area contributed by atoms with Gasteiger partial charge in [-0.3, -0.25) is 0 Å². The van der Waals surface area contributed by atoms with E-state index in [4.69, 9.17) is 5.73 Å². The number of sulfonamides is 1. The van der Waals surface area contributed by atoms with Gasteiger partial charge in [0.1, 0.15) is 0 Å². The van der Waals surface area contributed by atoms with Crippen molar-refractivity contribution in [2.45, 2.75) is 14.9 Å². The van der Waals surface area contributed by atoms with Gasteiger partial charge in [0.15, 0.2) is 0 Å². The molecule has 0 aliphatic carbocycles. The Morgan fingerprint density at radius 3 is 2.60 bits per heavy atom. The Bertz CT molecular complexity index is 725. The van der Waals surface area contributed by atoms with E-state index in [0.717, 1.165) is 4.31 Å². The summed E-state index contributed by atoms with van der Waals surface area (Å²) in [6, 6.07) is 4.55. The number of nitrogen functional groups attached to an aromatic ring is 1. The summed E-state index contributed by atoms with van der Waals surface area (Å²) in [6.07, 6.45) is 0. The van der Waals surface area contributed by atoms with Crippen LogP contribution in [0.2, 0.25) is 0 Å². The van der Waals surface area contributed by atoms with Crippen molar-refractivity contribution in [3.05, 3.63) is 18.2 Å². The van der Waals surface area contributed by atoms with Gasteiger partial charge in [-0.05, 0) is 40.4 Å². The lowest BCUT2D eigenvalue weighted by molar-refractivity contribution is 0.520. The second-order valence-corrected chi connectivity index (χ2v) is 7.34. The maximum atomic E-state index is 12.1. The summed E-state index contributed by atoms with van der Waals surface area (Å²) >= 11 is 1.21. The third-order valence-electron chi connectivity index (χ3n) is 2.55. The third-order valence-corrected chi connectivity index (χ3v) is 5.46. The molecule has 2 aromatic rings. The largest absolute Gasteiger partial charge is 0.398 e. The Balaban J connectivity index is 2.43. The minimum Gasteiger partial charge on any atom is -0.398 e. The smallest absolute Gasteiger partial charge is 0.242 e. The van der Waals surface area contributed by atoms with E-state index in [9.17, 15) is 8.42 Å². The van der Waals surface area contributed by atoms with Gasteiger partial charge in [0.2, 0.25) is 15.2 Å². The highest BCUT2D eigenvalue weighted by Gasteiger charge is 2.19. The number of aryl methyl sites for hydroxylation is 1. The highest BCUT2D eigenvalue weighted by molar-refractivity contribution is 7.99. The van der Waals surface area contributed by atoms with Gasteiger partial charge in [-0.1, -0.05) is 0 Å². The Hall–Kier alpha value is -1.65. The van der Waals surface area contributed by atoms with Crippen molar-refractivity contribution in [2.75, 3.05) is 19.8 Å². The maximum Gasteiger partial charge on any atom is 0.242 e. The lowest BCUT2D eigenvalue weighted by atomic mass is 10.3. The van der Waals surface area contributed by atoms with E-state index in [2.05, 4.69) is 15.5 Å². The Morgan fingerprint density at radius 1 is 1.35 bits per heavy atom. The molecule has 1 aromatic carbocycles. The molecule has 0 amide bonds. The predicted molar refractivity (Wildman–Crippen MR) is 74.6 cm³/mol. The molecule has 0 unspecified atom stereocenters. The maximum absolute atomic E-state index is 12.1. The van der Waals surface area contributed by atoms with Crippen LogP contribution in [0, 0.1) is 0 Å². The number of hydrogen-bond donors (Lipinski definition) is 1. The zero-order chi connectivity index (χ0) is 14.9. The third kappa shape index (κ3) is 2.76. The molecule has 2 N–H and O–H groups in total. The van der Waals surface area contributed by atoms with E-state index in [0.29, 0.717) is 15.7 Å². The van der Waals surface area contributed by atoms with Crippen LogP contribution < -0.4 is 5.73 Å². The molecule has 0 aliphatic heterocycles. The Labute approximate surface area is 121 Å². The molecular weight excluding hydrogens is 300 g/mol. The average molecular weight is 314 g/mol. The minimum atomic E-state index is -3.50. The summed E-state index contributed by atoms with van der Waals surface area (Å²) in [6.45, 7) is 0. The van der Waals surface area contributed by atoms with E-state index < -0.39 is 10.0 Å². The monoisotopic (exact) mass is 314 g/mol. The molecule has 0 saturated carbocycles. The molecule has 0 spiro atoms. The minimum absolute atomic E-state index is 0.175. The fourth-order valence-electron chi connectivity index (χ4n) is 1.38. The first-order valence-corrected chi connectivity index (χ1v) is 7.80.